The van der Waals surface area contributed by atoms with Crippen LogP contribution in [0.2, 0.25) is 0 Å². The molecule has 59 heavy (non-hydrogen) atoms. The van der Waals surface area contributed by atoms with Crippen LogP contribution >= 0.6 is 23.5 Å². The minimum atomic E-state index is -0.719. The average molecular weight is 823 g/mol. The third-order valence-corrected chi connectivity index (χ3v) is 10.3. The number of thioether (sulfide) groups is 2. The Kier molecular flexibility index (Phi) is 22.9. The van der Waals surface area contributed by atoms with E-state index in [9.17, 15) is 0 Å². The lowest BCUT2D eigenvalue weighted by Crippen LogP contribution is -2.23. The van der Waals surface area contributed by atoms with Crippen LogP contribution < -0.4 is 9.47 Å². The molecular formula is C52H54O5S2. The molecule has 4 aromatic rings. The van der Waals surface area contributed by atoms with Crippen molar-refractivity contribution in [2.24, 2.45) is 0 Å². The Labute approximate surface area is 361 Å². The summed E-state index contributed by atoms with van der Waals surface area (Å²) in [6, 6.07) is 36.3. The summed E-state index contributed by atoms with van der Waals surface area (Å²) in [5, 5.41) is 0. The molecule has 0 radical (unpaired) electrons. The molecule has 0 aliphatic carbocycles. The molecule has 0 aliphatic heterocycles. The van der Waals surface area contributed by atoms with Crippen molar-refractivity contribution in [1.82, 2.24) is 0 Å². The highest BCUT2D eigenvalue weighted by atomic mass is 32.2. The van der Waals surface area contributed by atoms with Crippen LogP contribution in [-0.2, 0) is 14.2 Å². The summed E-state index contributed by atoms with van der Waals surface area (Å²) in [7, 11) is 6.77. The monoisotopic (exact) mass is 822 g/mol. The fourth-order valence-corrected chi connectivity index (χ4v) is 6.75. The average Bonchev–Trinajstić information content (AvgIpc) is 3.28. The second-order valence-electron chi connectivity index (χ2n) is 13.0. The van der Waals surface area contributed by atoms with Gasteiger partial charge in [0.2, 0.25) is 0 Å². The summed E-state index contributed by atoms with van der Waals surface area (Å²) in [6.45, 7) is 1.40. The zero-order valence-electron chi connectivity index (χ0n) is 34.6. The minimum Gasteiger partial charge on any atom is -0.497 e. The highest BCUT2D eigenvalue weighted by Crippen LogP contribution is 2.23. The van der Waals surface area contributed by atoms with Crippen LogP contribution in [0.4, 0.5) is 0 Å². The fourth-order valence-electron chi connectivity index (χ4n) is 5.41. The van der Waals surface area contributed by atoms with Gasteiger partial charge in [-0.05, 0) is 97.5 Å². The van der Waals surface area contributed by atoms with Crippen molar-refractivity contribution in [2.75, 3.05) is 53.2 Å². The molecular weight excluding hydrogens is 769 g/mol. The molecule has 0 N–H and O–H groups in total. The molecule has 0 aromatic heterocycles. The zero-order valence-corrected chi connectivity index (χ0v) is 36.3. The van der Waals surface area contributed by atoms with E-state index in [2.05, 4.69) is 83.8 Å². The quantitative estimate of drug-likeness (QED) is 0.0500. The lowest BCUT2D eigenvalue weighted by atomic mass is 10.0. The first kappa shape index (κ1) is 46.5. The largest absolute Gasteiger partial charge is 0.497 e. The van der Waals surface area contributed by atoms with Gasteiger partial charge in [-0.15, -0.1) is 23.5 Å². The van der Waals surface area contributed by atoms with Crippen LogP contribution in [0.25, 0.3) is 12.2 Å². The van der Waals surface area contributed by atoms with E-state index in [4.69, 9.17) is 23.7 Å². The number of unbranched alkanes of at least 4 members (excludes halogenated alkanes) is 4. The third-order valence-electron chi connectivity index (χ3n) is 8.55. The molecule has 2 unspecified atom stereocenters. The molecule has 4 aromatic carbocycles. The van der Waals surface area contributed by atoms with Crippen molar-refractivity contribution in [1.29, 1.82) is 0 Å². The van der Waals surface area contributed by atoms with Gasteiger partial charge in [0.15, 0.2) is 12.2 Å². The van der Waals surface area contributed by atoms with Crippen LogP contribution in [0.1, 0.15) is 49.7 Å². The molecule has 0 saturated heterocycles. The van der Waals surface area contributed by atoms with Crippen molar-refractivity contribution in [3.05, 3.63) is 131 Å². The van der Waals surface area contributed by atoms with E-state index in [1.165, 1.54) is 0 Å². The highest BCUT2D eigenvalue weighted by molar-refractivity contribution is 7.99. The first-order chi connectivity index (χ1) is 29.1. The van der Waals surface area contributed by atoms with Crippen molar-refractivity contribution in [2.45, 2.75) is 60.5 Å². The second kappa shape index (κ2) is 29.1. The summed E-state index contributed by atoms with van der Waals surface area (Å²) in [6.07, 6.45) is 7.79. The van der Waals surface area contributed by atoms with Crippen LogP contribution in [0.3, 0.4) is 0 Å². The highest BCUT2D eigenvalue weighted by Gasteiger charge is 2.20. The lowest BCUT2D eigenvalue weighted by molar-refractivity contribution is 0.100. The molecule has 7 heteroatoms. The maximum atomic E-state index is 7.11. The van der Waals surface area contributed by atoms with Gasteiger partial charge >= 0.3 is 0 Å². The minimum absolute atomic E-state index is 0.573. The Morgan fingerprint density at radius 1 is 0.508 bits per heavy atom. The molecule has 0 fully saturated rings. The van der Waals surface area contributed by atoms with E-state index in [1.54, 1.807) is 52.0 Å². The predicted molar refractivity (Wildman–Crippen MR) is 247 cm³/mol. The van der Waals surface area contributed by atoms with Crippen LogP contribution in [-0.4, -0.2) is 65.4 Å². The first-order valence-electron chi connectivity index (χ1n) is 19.8. The molecule has 0 amide bonds. The summed E-state index contributed by atoms with van der Waals surface area (Å²) in [5.41, 5.74) is 3.38. The van der Waals surface area contributed by atoms with Gasteiger partial charge in [-0.3, -0.25) is 0 Å². The summed E-state index contributed by atoms with van der Waals surface area (Å²) in [5.74, 6) is 30.2. The van der Waals surface area contributed by atoms with Crippen molar-refractivity contribution in [3.63, 3.8) is 0 Å². The lowest BCUT2D eigenvalue weighted by Gasteiger charge is -2.19. The van der Waals surface area contributed by atoms with Crippen LogP contribution in [0.5, 0.6) is 11.5 Å². The van der Waals surface area contributed by atoms with Gasteiger partial charge in [0.25, 0.3) is 0 Å². The fraction of sp³-hybridized carbons (Fsp3) is 0.308. The Bertz CT molecular complexity index is 1960. The number of benzene rings is 4. The first-order valence-corrected chi connectivity index (χ1v) is 21.7. The zero-order chi connectivity index (χ0) is 41.6. The molecule has 2 atom stereocenters. The Morgan fingerprint density at radius 2 is 0.915 bits per heavy atom. The molecule has 0 bridgehead atoms. The Hall–Kier alpha value is -5.22. The van der Waals surface area contributed by atoms with Gasteiger partial charge in [-0.25, -0.2) is 0 Å². The molecule has 4 rings (SSSR count). The van der Waals surface area contributed by atoms with E-state index in [0.29, 0.717) is 37.6 Å². The van der Waals surface area contributed by atoms with E-state index in [-0.39, 0.29) is 0 Å². The smallest absolute Gasteiger partial charge is 0.153 e. The summed E-state index contributed by atoms with van der Waals surface area (Å²) < 4.78 is 28.6. The van der Waals surface area contributed by atoms with Crippen molar-refractivity contribution < 1.29 is 23.7 Å². The molecule has 5 nitrogen and oxygen atoms in total. The number of ether oxygens (including phenoxy) is 5. The maximum absolute atomic E-state index is 7.11. The summed E-state index contributed by atoms with van der Waals surface area (Å²) in [4.78, 5) is 2.29. The number of hydrogen-bond donors (Lipinski definition) is 0. The van der Waals surface area contributed by atoms with Crippen molar-refractivity contribution >= 4 is 35.7 Å². The van der Waals surface area contributed by atoms with Gasteiger partial charge in [0, 0.05) is 61.2 Å². The standard InChI is InChI=1S/C52H54O5S2/c1-53-37-17-7-5-11-21-45(41-43-29-33-47(55-3)34-30-43)51(27-19-39-58-49-23-13-9-14-24-49)57-52(28-20-40-59-50-25-15-10-16-26-50)46(22-12-6-8-18-38-54-2)42-44-31-35-48(56-4)36-32-44/h9-10,13-16,23-26,29-36,41-42,51-52H,5-8,17-18,37-40H2,1-4H3/b45-41+,46-42+. The van der Waals surface area contributed by atoms with Gasteiger partial charge < -0.3 is 23.7 Å². The van der Waals surface area contributed by atoms with E-state index < -0.39 is 12.2 Å². The van der Waals surface area contributed by atoms with E-state index in [0.717, 1.165) is 69.2 Å². The molecule has 0 aliphatic rings. The van der Waals surface area contributed by atoms with E-state index in [1.807, 2.05) is 84.9 Å². The third kappa shape index (κ3) is 18.9. The van der Waals surface area contributed by atoms with Gasteiger partial charge in [0.1, 0.15) is 11.5 Å². The SMILES string of the molecule is COCCCCC#C/C(=C\c1ccc(OC)cc1)C(C#CCSc1ccccc1)OC(C#CCSc1ccccc1)/C(C#CCCCCOC)=C/c1ccc(OC)cc1. The Balaban J connectivity index is 1.82. The second-order valence-corrected chi connectivity index (χ2v) is 15.1. The molecule has 304 valence electrons. The summed E-state index contributed by atoms with van der Waals surface area (Å²) >= 11 is 3.36. The van der Waals surface area contributed by atoms with Gasteiger partial charge in [-0.2, -0.15) is 0 Å². The number of hydrogen-bond acceptors (Lipinski definition) is 7. The van der Waals surface area contributed by atoms with Crippen molar-refractivity contribution in [3.8, 4) is 58.9 Å². The van der Waals surface area contributed by atoms with E-state index >= 15 is 0 Å². The van der Waals surface area contributed by atoms with Gasteiger partial charge in [0.05, 0.1) is 25.7 Å². The molecule has 0 heterocycles. The van der Waals surface area contributed by atoms with Gasteiger partial charge in [-0.1, -0.05) is 108 Å². The normalized spacial score (nSPS) is 11.9. The molecule has 0 saturated carbocycles. The maximum Gasteiger partial charge on any atom is 0.153 e. The topological polar surface area (TPSA) is 46.2 Å². The predicted octanol–water partition coefficient (Wildman–Crippen LogP) is 11.2. The number of rotatable bonds is 20. The number of methoxy groups -OCH3 is 4. The van der Waals surface area contributed by atoms with Crippen LogP contribution in [0.15, 0.2) is 130 Å². The Morgan fingerprint density at radius 3 is 1.29 bits per heavy atom. The molecule has 0 spiro atoms. The van der Waals surface area contributed by atoms with Crippen LogP contribution in [0, 0.1) is 47.4 Å².